The fourth-order valence-corrected chi connectivity index (χ4v) is 1.77. The Kier molecular flexibility index (Phi) is 4.96. The van der Waals surface area contributed by atoms with E-state index >= 15 is 0 Å². The van der Waals surface area contributed by atoms with Gasteiger partial charge in [-0.05, 0) is 42.8 Å². The quantitative estimate of drug-likeness (QED) is 0.851. The van der Waals surface area contributed by atoms with Crippen molar-refractivity contribution in [3.8, 4) is 5.75 Å². The van der Waals surface area contributed by atoms with Crippen molar-refractivity contribution in [3.63, 3.8) is 0 Å². The van der Waals surface area contributed by atoms with Gasteiger partial charge >= 0.3 is 0 Å². The Labute approximate surface area is 118 Å². The summed E-state index contributed by atoms with van der Waals surface area (Å²) in [6, 6.07) is 13.7. The van der Waals surface area contributed by atoms with Gasteiger partial charge in [0.1, 0.15) is 24.3 Å². The molecule has 0 amide bonds. The monoisotopic (exact) mass is 275 g/mol. The van der Waals surface area contributed by atoms with Crippen molar-refractivity contribution in [2.45, 2.75) is 13.0 Å². The minimum atomic E-state index is -0.639. The molecule has 0 aromatic heterocycles. The normalized spacial score (nSPS) is 11.9. The first-order valence-electron chi connectivity index (χ1n) is 6.51. The summed E-state index contributed by atoms with van der Waals surface area (Å²) >= 11 is 0. The lowest BCUT2D eigenvalue weighted by Crippen LogP contribution is -2.26. The number of anilines is 1. The Morgan fingerprint density at radius 2 is 1.85 bits per heavy atom. The molecule has 0 heterocycles. The maximum absolute atomic E-state index is 12.7. The molecule has 106 valence electrons. The van der Waals surface area contributed by atoms with Gasteiger partial charge in [-0.25, -0.2) is 4.39 Å². The molecule has 0 aliphatic rings. The number of halogens is 1. The number of ether oxygens (including phenoxy) is 1. The van der Waals surface area contributed by atoms with Gasteiger partial charge in [0.2, 0.25) is 0 Å². The summed E-state index contributed by atoms with van der Waals surface area (Å²) in [5.74, 6) is 0.493. The molecule has 20 heavy (non-hydrogen) atoms. The number of nitrogens with one attached hydrogen (secondary N) is 1. The second-order valence-corrected chi connectivity index (χ2v) is 4.62. The van der Waals surface area contributed by atoms with Crippen LogP contribution >= 0.6 is 0 Å². The molecular weight excluding hydrogens is 257 g/mol. The molecule has 0 bridgehead atoms. The van der Waals surface area contributed by atoms with Gasteiger partial charge in [-0.1, -0.05) is 18.2 Å². The van der Waals surface area contributed by atoms with Crippen molar-refractivity contribution in [1.82, 2.24) is 0 Å². The van der Waals surface area contributed by atoms with Crippen LogP contribution in [0.2, 0.25) is 0 Å². The Morgan fingerprint density at radius 1 is 1.15 bits per heavy atom. The summed E-state index contributed by atoms with van der Waals surface area (Å²) in [5, 5.41) is 12.9. The highest BCUT2D eigenvalue weighted by Crippen LogP contribution is 2.16. The number of aliphatic hydroxyl groups is 1. The summed E-state index contributed by atoms with van der Waals surface area (Å²) in [4.78, 5) is 0. The number of aryl methyl sites for hydroxylation is 1. The third-order valence-corrected chi connectivity index (χ3v) is 2.91. The number of hydrogen-bond acceptors (Lipinski definition) is 3. The van der Waals surface area contributed by atoms with E-state index in [2.05, 4.69) is 5.32 Å². The first kappa shape index (κ1) is 14.3. The second-order valence-electron chi connectivity index (χ2n) is 4.62. The standard InChI is InChI=1S/C16H18FNO2/c1-12-4-2-3-5-16(12)20-11-15(19)10-18-14-8-6-13(17)7-9-14/h2-9,15,18-19H,10-11H2,1H3. The highest BCUT2D eigenvalue weighted by molar-refractivity contribution is 5.42. The van der Waals surface area contributed by atoms with Gasteiger partial charge in [0.05, 0.1) is 0 Å². The molecule has 0 saturated carbocycles. The number of hydrogen-bond donors (Lipinski definition) is 2. The van der Waals surface area contributed by atoms with Crippen LogP contribution < -0.4 is 10.1 Å². The van der Waals surface area contributed by atoms with Gasteiger partial charge in [-0.15, -0.1) is 0 Å². The zero-order chi connectivity index (χ0) is 14.4. The van der Waals surface area contributed by atoms with Gasteiger partial charge in [0, 0.05) is 12.2 Å². The fourth-order valence-electron chi connectivity index (χ4n) is 1.77. The van der Waals surface area contributed by atoms with Crippen molar-refractivity contribution in [1.29, 1.82) is 0 Å². The van der Waals surface area contributed by atoms with E-state index in [1.165, 1.54) is 12.1 Å². The first-order chi connectivity index (χ1) is 9.65. The van der Waals surface area contributed by atoms with Crippen LogP contribution in [-0.2, 0) is 0 Å². The van der Waals surface area contributed by atoms with E-state index in [9.17, 15) is 9.50 Å². The predicted molar refractivity (Wildman–Crippen MR) is 77.6 cm³/mol. The van der Waals surface area contributed by atoms with Gasteiger partial charge in [0.15, 0.2) is 0 Å². The number of aliphatic hydroxyl groups excluding tert-OH is 1. The molecule has 1 atom stereocenters. The summed E-state index contributed by atoms with van der Waals surface area (Å²) in [5.41, 5.74) is 1.80. The largest absolute Gasteiger partial charge is 0.491 e. The summed E-state index contributed by atoms with van der Waals surface area (Å²) < 4.78 is 18.3. The lowest BCUT2D eigenvalue weighted by atomic mass is 10.2. The molecule has 0 radical (unpaired) electrons. The number of rotatable bonds is 6. The summed E-state index contributed by atoms with van der Waals surface area (Å²) in [6.45, 7) is 2.51. The Hall–Kier alpha value is -2.07. The predicted octanol–water partition coefficient (Wildman–Crippen LogP) is 2.99. The fraction of sp³-hybridized carbons (Fsp3) is 0.250. The van der Waals surface area contributed by atoms with Gasteiger partial charge in [-0.3, -0.25) is 0 Å². The zero-order valence-electron chi connectivity index (χ0n) is 11.3. The third-order valence-electron chi connectivity index (χ3n) is 2.91. The number of para-hydroxylation sites is 1. The van der Waals surface area contributed by atoms with Crippen molar-refractivity contribution in [2.75, 3.05) is 18.5 Å². The van der Waals surface area contributed by atoms with E-state index in [0.717, 1.165) is 17.0 Å². The third kappa shape index (κ3) is 4.24. The van der Waals surface area contributed by atoms with Gasteiger partial charge in [0.25, 0.3) is 0 Å². The van der Waals surface area contributed by atoms with Crippen LogP contribution in [-0.4, -0.2) is 24.4 Å². The maximum Gasteiger partial charge on any atom is 0.123 e. The van der Waals surface area contributed by atoms with E-state index in [4.69, 9.17) is 4.74 Å². The molecule has 0 spiro atoms. The lowest BCUT2D eigenvalue weighted by molar-refractivity contribution is 0.117. The van der Waals surface area contributed by atoms with Crippen LogP contribution in [0.1, 0.15) is 5.56 Å². The van der Waals surface area contributed by atoms with Crippen molar-refractivity contribution in [2.24, 2.45) is 0 Å². The van der Waals surface area contributed by atoms with Crippen molar-refractivity contribution in [3.05, 3.63) is 59.9 Å². The van der Waals surface area contributed by atoms with E-state index < -0.39 is 6.10 Å². The molecule has 0 fully saturated rings. The van der Waals surface area contributed by atoms with E-state index in [-0.39, 0.29) is 12.4 Å². The van der Waals surface area contributed by atoms with E-state index in [0.29, 0.717) is 6.54 Å². The molecule has 2 aromatic rings. The average molecular weight is 275 g/mol. The van der Waals surface area contributed by atoms with Crippen LogP contribution in [0.5, 0.6) is 5.75 Å². The van der Waals surface area contributed by atoms with Crippen LogP contribution in [0.4, 0.5) is 10.1 Å². The minimum absolute atomic E-state index is 0.207. The first-order valence-corrected chi connectivity index (χ1v) is 6.51. The summed E-state index contributed by atoms with van der Waals surface area (Å²) in [6.07, 6.45) is -0.639. The average Bonchev–Trinajstić information content (AvgIpc) is 2.46. The number of benzene rings is 2. The highest BCUT2D eigenvalue weighted by Gasteiger charge is 2.06. The molecule has 3 nitrogen and oxygen atoms in total. The van der Waals surface area contributed by atoms with Crippen LogP contribution in [0.15, 0.2) is 48.5 Å². The molecule has 1 unspecified atom stereocenters. The van der Waals surface area contributed by atoms with Crippen molar-refractivity contribution < 1.29 is 14.2 Å². The summed E-state index contributed by atoms with van der Waals surface area (Å²) in [7, 11) is 0. The zero-order valence-corrected chi connectivity index (χ0v) is 11.3. The Bertz CT molecular complexity index is 542. The molecule has 0 aliphatic heterocycles. The molecule has 2 aromatic carbocycles. The topological polar surface area (TPSA) is 41.5 Å². The molecule has 4 heteroatoms. The second kappa shape index (κ2) is 6.91. The molecule has 0 saturated heterocycles. The van der Waals surface area contributed by atoms with Crippen LogP contribution in [0, 0.1) is 12.7 Å². The molecule has 2 N–H and O–H groups in total. The molecular formula is C16H18FNO2. The molecule has 2 rings (SSSR count). The Morgan fingerprint density at radius 3 is 2.55 bits per heavy atom. The van der Waals surface area contributed by atoms with Crippen LogP contribution in [0.25, 0.3) is 0 Å². The Balaban J connectivity index is 1.77. The maximum atomic E-state index is 12.7. The minimum Gasteiger partial charge on any atom is -0.491 e. The van der Waals surface area contributed by atoms with Crippen molar-refractivity contribution >= 4 is 5.69 Å². The van der Waals surface area contributed by atoms with Gasteiger partial charge in [-0.2, -0.15) is 0 Å². The molecule has 0 aliphatic carbocycles. The van der Waals surface area contributed by atoms with E-state index in [1.54, 1.807) is 12.1 Å². The highest BCUT2D eigenvalue weighted by atomic mass is 19.1. The lowest BCUT2D eigenvalue weighted by Gasteiger charge is -2.15. The van der Waals surface area contributed by atoms with Gasteiger partial charge < -0.3 is 15.2 Å². The van der Waals surface area contributed by atoms with E-state index in [1.807, 2.05) is 31.2 Å². The SMILES string of the molecule is Cc1ccccc1OCC(O)CNc1ccc(F)cc1. The smallest absolute Gasteiger partial charge is 0.123 e. The van der Waals surface area contributed by atoms with Crippen LogP contribution in [0.3, 0.4) is 0 Å².